The lowest BCUT2D eigenvalue weighted by atomic mass is 9.92. The van der Waals surface area contributed by atoms with Crippen molar-refractivity contribution in [3.8, 4) is 11.8 Å². The zero-order valence-electron chi connectivity index (χ0n) is 8.20. The lowest BCUT2D eigenvalue weighted by Crippen LogP contribution is -2.37. The zero-order chi connectivity index (χ0) is 10.5. The van der Waals surface area contributed by atoms with Crippen LogP contribution < -0.4 is 5.32 Å². The van der Waals surface area contributed by atoms with Crippen molar-refractivity contribution in [3.63, 3.8) is 0 Å². The second-order valence-electron chi connectivity index (χ2n) is 3.14. The maximum absolute atomic E-state index is 11.5. The van der Waals surface area contributed by atoms with Crippen molar-refractivity contribution in [1.29, 1.82) is 0 Å². The summed E-state index contributed by atoms with van der Waals surface area (Å²) in [4.78, 5) is 11.5. The molecule has 0 aromatic rings. The number of rotatable bonds is 3. The van der Waals surface area contributed by atoms with Gasteiger partial charge in [-0.15, -0.1) is 5.92 Å². The largest absolute Gasteiger partial charge is 0.344 e. The molecule has 0 bridgehead atoms. The first-order valence-corrected chi connectivity index (χ1v) is 4.33. The number of hydrogen-bond acceptors (Lipinski definition) is 1. The predicted molar refractivity (Wildman–Crippen MR) is 55.2 cm³/mol. The maximum atomic E-state index is 11.5. The van der Waals surface area contributed by atoms with E-state index in [1.165, 1.54) is 0 Å². The molecule has 0 unspecified atom stereocenters. The number of halogens is 1. The van der Waals surface area contributed by atoms with Gasteiger partial charge in [-0.05, 0) is 20.8 Å². The predicted octanol–water partition coefficient (Wildman–Crippen LogP) is 1.90. The molecular weight excluding hydrogens is 186 g/mol. The van der Waals surface area contributed by atoms with E-state index in [0.717, 1.165) is 0 Å². The topological polar surface area (TPSA) is 29.1 Å². The third-order valence-corrected chi connectivity index (χ3v) is 2.23. The van der Waals surface area contributed by atoms with E-state index in [4.69, 9.17) is 11.6 Å². The molecule has 0 aromatic carbocycles. The molecule has 1 amide bonds. The summed E-state index contributed by atoms with van der Waals surface area (Å²) >= 11 is 5.69. The van der Waals surface area contributed by atoms with Gasteiger partial charge in [0.05, 0.1) is 12.0 Å². The number of hydrogen-bond donors (Lipinski definition) is 1. The first-order chi connectivity index (χ1) is 5.92. The van der Waals surface area contributed by atoms with Crippen LogP contribution in [0.15, 0.2) is 11.6 Å². The summed E-state index contributed by atoms with van der Waals surface area (Å²) < 4.78 is 0. The molecule has 1 N–H and O–H groups in total. The molecule has 0 radical (unpaired) electrons. The summed E-state index contributed by atoms with van der Waals surface area (Å²) in [5.41, 5.74) is -0.739. The molecule has 0 heterocycles. The number of amides is 1. The molecule has 0 aromatic heterocycles. The average molecular weight is 200 g/mol. The minimum atomic E-state index is -0.739. The van der Waals surface area contributed by atoms with Crippen LogP contribution in [0.1, 0.15) is 20.8 Å². The van der Waals surface area contributed by atoms with Crippen LogP contribution in [-0.2, 0) is 4.79 Å². The Hall–Kier alpha value is -0.940. The number of carbonyl (C=O) groups is 1. The quantitative estimate of drug-likeness (QED) is 0.692. The highest BCUT2D eigenvalue weighted by Gasteiger charge is 2.29. The highest BCUT2D eigenvalue weighted by atomic mass is 35.5. The second-order valence-corrected chi connectivity index (χ2v) is 3.60. The fourth-order valence-electron chi connectivity index (χ4n) is 0.557. The Balaban J connectivity index is 4.23. The van der Waals surface area contributed by atoms with Gasteiger partial charge in [-0.25, -0.2) is 0 Å². The van der Waals surface area contributed by atoms with Crippen LogP contribution in [0.4, 0.5) is 0 Å². The van der Waals surface area contributed by atoms with Gasteiger partial charge in [0.1, 0.15) is 0 Å². The van der Waals surface area contributed by atoms with E-state index in [1.54, 1.807) is 20.8 Å². The molecule has 0 rings (SSSR count). The van der Waals surface area contributed by atoms with Gasteiger partial charge in [-0.3, -0.25) is 4.79 Å². The van der Waals surface area contributed by atoms with Crippen LogP contribution in [0.3, 0.4) is 0 Å². The number of nitrogens with one attached hydrogen (secondary N) is 1. The van der Waals surface area contributed by atoms with Crippen LogP contribution in [0.25, 0.3) is 0 Å². The van der Waals surface area contributed by atoms with Crippen molar-refractivity contribution in [2.75, 3.05) is 6.54 Å². The Bertz CT molecular complexity index is 270. The molecule has 0 spiro atoms. The summed E-state index contributed by atoms with van der Waals surface area (Å²) in [6.07, 6.45) is 0. The Kier molecular flexibility index (Phi) is 4.58. The van der Waals surface area contributed by atoms with Crippen molar-refractivity contribution in [2.24, 2.45) is 5.41 Å². The molecule has 0 aliphatic heterocycles. The molecule has 0 saturated carbocycles. The molecule has 13 heavy (non-hydrogen) atoms. The Morgan fingerprint density at radius 1 is 1.62 bits per heavy atom. The van der Waals surface area contributed by atoms with Crippen LogP contribution in [0.5, 0.6) is 0 Å². The van der Waals surface area contributed by atoms with E-state index >= 15 is 0 Å². The van der Waals surface area contributed by atoms with Gasteiger partial charge in [-0.1, -0.05) is 24.1 Å². The Morgan fingerprint density at radius 3 is 2.54 bits per heavy atom. The van der Waals surface area contributed by atoms with Gasteiger partial charge in [-0.2, -0.15) is 0 Å². The summed E-state index contributed by atoms with van der Waals surface area (Å²) in [7, 11) is 0. The molecule has 3 heteroatoms. The van der Waals surface area contributed by atoms with Gasteiger partial charge in [0.2, 0.25) is 5.91 Å². The van der Waals surface area contributed by atoms with Crippen molar-refractivity contribution in [1.82, 2.24) is 5.32 Å². The third kappa shape index (κ3) is 3.52. The van der Waals surface area contributed by atoms with Gasteiger partial charge in [0.25, 0.3) is 0 Å². The zero-order valence-corrected chi connectivity index (χ0v) is 8.96. The minimum Gasteiger partial charge on any atom is -0.344 e. The smallest absolute Gasteiger partial charge is 0.231 e. The van der Waals surface area contributed by atoms with Gasteiger partial charge in [0.15, 0.2) is 0 Å². The van der Waals surface area contributed by atoms with E-state index in [0.29, 0.717) is 11.6 Å². The van der Waals surface area contributed by atoms with Gasteiger partial charge >= 0.3 is 0 Å². The third-order valence-electron chi connectivity index (χ3n) is 1.76. The number of carbonyl (C=O) groups excluding carboxylic acids is 1. The monoisotopic (exact) mass is 199 g/mol. The van der Waals surface area contributed by atoms with Crippen molar-refractivity contribution < 1.29 is 4.79 Å². The van der Waals surface area contributed by atoms with Crippen molar-refractivity contribution in [2.45, 2.75) is 20.8 Å². The summed E-state index contributed by atoms with van der Waals surface area (Å²) in [6.45, 7) is 9.05. The van der Waals surface area contributed by atoms with Crippen LogP contribution in [0.2, 0.25) is 0 Å². The molecule has 0 fully saturated rings. The van der Waals surface area contributed by atoms with Crippen molar-refractivity contribution in [3.05, 3.63) is 11.6 Å². The first kappa shape index (κ1) is 12.1. The van der Waals surface area contributed by atoms with E-state index < -0.39 is 5.41 Å². The highest BCUT2D eigenvalue weighted by Crippen LogP contribution is 2.27. The second kappa shape index (κ2) is 4.94. The van der Waals surface area contributed by atoms with Crippen LogP contribution >= 0.6 is 11.6 Å². The Morgan fingerprint density at radius 2 is 2.15 bits per heavy atom. The lowest BCUT2D eigenvalue weighted by Gasteiger charge is -2.21. The van der Waals surface area contributed by atoms with E-state index in [9.17, 15) is 4.79 Å². The molecular formula is C10H14ClNO. The normalized spacial score (nSPS) is 9.85. The van der Waals surface area contributed by atoms with Crippen LogP contribution in [0, 0.1) is 17.3 Å². The average Bonchev–Trinajstić information content (AvgIpc) is 2.04. The van der Waals surface area contributed by atoms with E-state index in [1.807, 2.05) is 0 Å². The lowest BCUT2D eigenvalue weighted by molar-refractivity contribution is -0.127. The fourth-order valence-corrected chi connectivity index (χ4v) is 0.643. The van der Waals surface area contributed by atoms with E-state index in [2.05, 4.69) is 23.7 Å². The van der Waals surface area contributed by atoms with Gasteiger partial charge < -0.3 is 5.32 Å². The minimum absolute atomic E-state index is 0.157. The highest BCUT2D eigenvalue weighted by molar-refractivity contribution is 6.31. The standard InChI is InChI=1S/C10H14ClNO/c1-5-6-7-12-9(13)10(3,4)8(2)11/h2,7H2,1,3-4H3,(H,12,13). The molecule has 72 valence electrons. The van der Waals surface area contributed by atoms with Crippen molar-refractivity contribution >= 4 is 17.5 Å². The van der Waals surface area contributed by atoms with E-state index in [-0.39, 0.29) is 5.91 Å². The Labute approximate surface area is 84.3 Å². The first-order valence-electron chi connectivity index (χ1n) is 3.95. The summed E-state index contributed by atoms with van der Waals surface area (Å²) in [5, 5.41) is 2.98. The van der Waals surface area contributed by atoms with Gasteiger partial charge in [0, 0.05) is 5.03 Å². The molecule has 0 saturated heterocycles. The SMILES string of the molecule is C=C(Cl)C(C)(C)C(=O)NCC#CC. The van der Waals surface area contributed by atoms with Crippen LogP contribution in [-0.4, -0.2) is 12.5 Å². The fraction of sp³-hybridized carbons (Fsp3) is 0.500. The molecule has 2 nitrogen and oxygen atoms in total. The summed E-state index contributed by atoms with van der Waals surface area (Å²) in [5.74, 6) is 5.26. The molecule has 0 aliphatic carbocycles. The molecule has 0 atom stereocenters. The summed E-state index contributed by atoms with van der Waals surface area (Å²) in [6, 6.07) is 0. The molecule has 0 aliphatic rings. The maximum Gasteiger partial charge on any atom is 0.231 e.